The van der Waals surface area contributed by atoms with E-state index in [1.54, 1.807) is 0 Å². The first-order valence-corrected chi connectivity index (χ1v) is 7.65. The Hall–Kier alpha value is -1.88. The van der Waals surface area contributed by atoms with Gasteiger partial charge in [-0.2, -0.15) is 4.98 Å². The lowest BCUT2D eigenvalue weighted by Gasteiger charge is -2.08. The van der Waals surface area contributed by atoms with Gasteiger partial charge in [-0.25, -0.2) is 0 Å². The summed E-state index contributed by atoms with van der Waals surface area (Å²) in [5.74, 6) is 2.00. The maximum Gasteiger partial charge on any atom is 0.240 e. The molecule has 0 bridgehead atoms. The van der Waals surface area contributed by atoms with Crippen LogP contribution in [0.5, 0.6) is 5.75 Å². The van der Waals surface area contributed by atoms with Crippen molar-refractivity contribution in [2.24, 2.45) is 0 Å². The fraction of sp³-hybridized carbons (Fsp3) is 0.500. The molecule has 1 aromatic heterocycles. The van der Waals surface area contributed by atoms with Gasteiger partial charge in [0.15, 0.2) is 0 Å². The fourth-order valence-electron chi connectivity index (χ4n) is 2.73. The Morgan fingerprint density at radius 2 is 2.10 bits per heavy atom. The van der Waals surface area contributed by atoms with Gasteiger partial charge in [0.25, 0.3) is 0 Å². The molecule has 21 heavy (non-hydrogen) atoms. The zero-order chi connectivity index (χ0) is 14.5. The molecule has 0 aliphatic heterocycles. The van der Waals surface area contributed by atoms with Gasteiger partial charge in [0.2, 0.25) is 11.7 Å². The molecule has 1 heterocycles. The molecule has 0 atom stereocenters. The van der Waals surface area contributed by atoms with Crippen molar-refractivity contribution >= 4 is 0 Å². The highest BCUT2D eigenvalue weighted by Gasteiger charge is 2.17. The molecule has 112 valence electrons. The van der Waals surface area contributed by atoms with Crippen LogP contribution in [-0.2, 0) is 6.54 Å². The smallest absolute Gasteiger partial charge is 0.240 e. The van der Waals surface area contributed by atoms with Gasteiger partial charge in [-0.1, -0.05) is 30.1 Å². The van der Waals surface area contributed by atoms with Crippen molar-refractivity contribution < 1.29 is 9.26 Å². The van der Waals surface area contributed by atoms with Crippen molar-refractivity contribution in [3.05, 3.63) is 30.2 Å². The van der Waals surface area contributed by atoms with Crippen LogP contribution in [0.4, 0.5) is 0 Å². The Morgan fingerprint density at radius 3 is 2.90 bits per heavy atom. The lowest BCUT2D eigenvalue weighted by atomic mass is 10.2. The standard InChI is InChI=1S/C16H21N3O2/c1-2-20-14-10-6-5-9-13(14)16-18-15(21-19-16)11-17-12-7-3-4-8-12/h5-6,9-10,12,17H,2-4,7-8,11H2,1H3. The second kappa shape index (κ2) is 6.72. The summed E-state index contributed by atoms with van der Waals surface area (Å²) in [5, 5.41) is 7.54. The second-order valence-electron chi connectivity index (χ2n) is 5.30. The van der Waals surface area contributed by atoms with Gasteiger partial charge in [-0.05, 0) is 31.9 Å². The highest BCUT2D eigenvalue weighted by Crippen LogP contribution is 2.27. The van der Waals surface area contributed by atoms with E-state index in [2.05, 4.69) is 15.5 Å². The van der Waals surface area contributed by atoms with Gasteiger partial charge in [0.05, 0.1) is 18.7 Å². The average molecular weight is 287 g/mol. The molecule has 5 nitrogen and oxygen atoms in total. The number of hydrogen-bond donors (Lipinski definition) is 1. The first kappa shape index (κ1) is 14.1. The number of ether oxygens (including phenoxy) is 1. The van der Waals surface area contributed by atoms with Crippen LogP contribution in [0.15, 0.2) is 28.8 Å². The Labute approximate surface area is 124 Å². The van der Waals surface area contributed by atoms with Crippen molar-refractivity contribution in [3.63, 3.8) is 0 Å². The van der Waals surface area contributed by atoms with Crippen LogP contribution in [-0.4, -0.2) is 22.8 Å². The number of nitrogens with one attached hydrogen (secondary N) is 1. The predicted molar refractivity (Wildman–Crippen MR) is 80.0 cm³/mol. The summed E-state index contributed by atoms with van der Waals surface area (Å²) in [6.07, 6.45) is 5.12. The molecule has 3 rings (SSSR count). The van der Waals surface area contributed by atoms with E-state index in [1.807, 2.05) is 31.2 Å². The minimum atomic E-state index is 0.585. The van der Waals surface area contributed by atoms with Crippen LogP contribution in [0.1, 0.15) is 38.5 Å². The van der Waals surface area contributed by atoms with Gasteiger partial charge in [-0.3, -0.25) is 0 Å². The highest BCUT2D eigenvalue weighted by molar-refractivity contribution is 5.63. The van der Waals surface area contributed by atoms with Crippen LogP contribution in [0.3, 0.4) is 0 Å². The van der Waals surface area contributed by atoms with Crippen LogP contribution in [0, 0.1) is 0 Å². The lowest BCUT2D eigenvalue weighted by Crippen LogP contribution is -2.25. The van der Waals surface area contributed by atoms with E-state index < -0.39 is 0 Å². The van der Waals surface area contributed by atoms with Gasteiger partial charge >= 0.3 is 0 Å². The Bertz CT molecular complexity index is 576. The molecule has 0 amide bonds. The van der Waals surface area contributed by atoms with Gasteiger partial charge in [0, 0.05) is 6.04 Å². The van der Waals surface area contributed by atoms with Gasteiger partial charge in [-0.15, -0.1) is 0 Å². The highest BCUT2D eigenvalue weighted by atomic mass is 16.5. The molecule has 1 aliphatic carbocycles. The summed E-state index contributed by atoms with van der Waals surface area (Å²) in [6.45, 7) is 3.21. The van der Waals surface area contributed by atoms with E-state index in [0.29, 0.717) is 30.9 Å². The van der Waals surface area contributed by atoms with Crippen molar-refractivity contribution in [3.8, 4) is 17.1 Å². The summed E-state index contributed by atoms with van der Waals surface area (Å²) in [6, 6.07) is 8.35. The molecule has 1 saturated carbocycles. The topological polar surface area (TPSA) is 60.2 Å². The van der Waals surface area contributed by atoms with Gasteiger partial charge < -0.3 is 14.6 Å². The van der Waals surface area contributed by atoms with Gasteiger partial charge in [0.1, 0.15) is 5.75 Å². The average Bonchev–Trinajstić information content (AvgIpc) is 3.18. The minimum absolute atomic E-state index is 0.585. The Balaban J connectivity index is 1.69. The maximum absolute atomic E-state index is 5.60. The predicted octanol–water partition coefficient (Wildman–Crippen LogP) is 3.17. The molecule has 5 heteroatoms. The second-order valence-corrected chi connectivity index (χ2v) is 5.30. The molecule has 0 saturated heterocycles. The summed E-state index contributed by atoms with van der Waals surface area (Å²) >= 11 is 0. The molecule has 0 radical (unpaired) electrons. The fourth-order valence-corrected chi connectivity index (χ4v) is 2.73. The third-order valence-corrected chi connectivity index (χ3v) is 3.79. The third kappa shape index (κ3) is 3.42. The Kier molecular flexibility index (Phi) is 4.50. The summed E-state index contributed by atoms with van der Waals surface area (Å²) in [5.41, 5.74) is 0.871. The molecular weight excluding hydrogens is 266 g/mol. The SMILES string of the molecule is CCOc1ccccc1-c1noc(CNC2CCCC2)n1. The van der Waals surface area contributed by atoms with E-state index >= 15 is 0 Å². The van der Waals surface area contributed by atoms with E-state index in [1.165, 1.54) is 25.7 Å². The monoisotopic (exact) mass is 287 g/mol. The number of rotatable bonds is 6. The lowest BCUT2D eigenvalue weighted by molar-refractivity contribution is 0.340. The van der Waals surface area contributed by atoms with Crippen molar-refractivity contribution in [1.29, 1.82) is 0 Å². The van der Waals surface area contributed by atoms with E-state index in [9.17, 15) is 0 Å². The van der Waals surface area contributed by atoms with E-state index in [-0.39, 0.29) is 0 Å². The van der Waals surface area contributed by atoms with Crippen LogP contribution < -0.4 is 10.1 Å². The first-order chi connectivity index (χ1) is 10.4. The molecule has 0 unspecified atom stereocenters. The quantitative estimate of drug-likeness (QED) is 0.884. The van der Waals surface area contributed by atoms with Crippen molar-refractivity contribution in [2.75, 3.05) is 6.61 Å². The third-order valence-electron chi connectivity index (χ3n) is 3.79. The molecular formula is C16H21N3O2. The molecule has 1 fully saturated rings. The normalized spacial score (nSPS) is 15.5. The van der Waals surface area contributed by atoms with E-state index in [0.717, 1.165) is 11.3 Å². The molecule has 1 N–H and O–H groups in total. The largest absolute Gasteiger partial charge is 0.493 e. The Morgan fingerprint density at radius 1 is 1.29 bits per heavy atom. The van der Waals surface area contributed by atoms with E-state index in [4.69, 9.17) is 9.26 Å². The zero-order valence-corrected chi connectivity index (χ0v) is 12.3. The number of nitrogens with zero attached hydrogens (tertiary/aromatic N) is 2. The van der Waals surface area contributed by atoms with Crippen LogP contribution in [0.25, 0.3) is 11.4 Å². The number of aromatic nitrogens is 2. The molecule has 1 aromatic carbocycles. The maximum atomic E-state index is 5.60. The zero-order valence-electron chi connectivity index (χ0n) is 12.3. The number of hydrogen-bond acceptors (Lipinski definition) is 5. The summed E-state index contributed by atoms with van der Waals surface area (Å²) < 4.78 is 10.9. The molecule has 1 aliphatic rings. The van der Waals surface area contributed by atoms with Crippen molar-refractivity contribution in [2.45, 2.75) is 45.2 Å². The molecule has 0 spiro atoms. The summed E-state index contributed by atoms with van der Waals surface area (Å²) in [7, 11) is 0. The summed E-state index contributed by atoms with van der Waals surface area (Å²) in [4.78, 5) is 4.46. The molecule has 2 aromatic rings. The van der Waals surface area contributed by atoms with Crippen LogP contribution >= 0.6 is 0 Å². The number of benzene rings is 1. The number of para-hydroxylation sites is 1. The minimum Gasteiger partial charge on any atom is -0.493 e. The van der Waals surface area contributed by atoms with Crippen molar-refractivity contribution in [1.82, 2.24) is 15.5 Å². The first-order valence-electron chi connectivity index (χ1n) is 7.65. The van der Waals surface area contributed by atoms with Crippen LogP contribution in [0.2, 0.25) is 0 Å².